The molecule has 10 nitrogen and oxygen atoms in total. The molecule has 2 N–H and O–H groups in total. The van der Waals surface area contributed by atoms with Crippen LogP contribution >= 0.6 is 0 Å². The summed E-state index contributed by atoms with van der Waals surface area (Å²) in [6.07, 6.45) is 3.28. The number of H-pyrrole nitrogens is 1. The summed E-state index contributed by atoms with van der Waals surface area (Å²) in [7, 11) is 0. The maximum atomic E-state index is 12.7. The lowest BCUT2D eigenvalue weighted by molar-refractivity contribution is -0.116. The number of fused-ring (bicyclic) bond motifs is 2. The molecule has 36 heavy (non-hydrogen) atoms. The third-order valence-electron chi connectivity index (χ3n) is 6.32. The number of aromatic amines is 1. The Balaban J connectivity index is 1.31. The van der Waals surface area contributed by atoms with Crippen LogP contribution in [-0.4, -0.2) is 35.6 Å². The van der Waals surface area contributed by atoms with E-state index in [0.29, 0.717) is 47.1 Å². The van der Waals surface area contributed by atoms with Crippen LogP contribution < -0.4 is 10.1 Å². The van der Waals surface area contributed by atoms with Crippen LogP contribution in [0.5, 0.6) is 5.75 Å². The Hall–Kier alpha value is -5.04. The zero-order chi connectivity index (χ0) is 24.6. The molecule has 1 amide bonds. The minimum Gasteiger partial charge on any atom is -0.489 e. The number of hydrogen-bond acceptors (Lipinski definition) is 7. The number of nitrogens with zero attached hydrogens (tertiary/aromatic N) is 6. The first-order valence-corrected chi connectivity index (χ1v) is 11.4. The largest absolute Gasteiger partial charge is 0.489 e. The molecule has 0 unspecified atom stereocenters. The van der Waals surface area contributed by atoms with Crippen molar-refractivity contribution in [1.29, 1.82) is 5.26 Å². The molecule has 5 aromatic rings. The molecule has 0 spiro atoms. The average molecular weight is 477 g/mol. The van der Waals surface area contributed by atoms with E-state index in [9.17, 15) is 10.1 Å². The Morgan fingerprint density at radius 1 is 1.14 bits per heavy atom. The zero-order valence-electron chi connectivity index (χ0n) is 19.3. The summed E-state index contributed by atoms with van der Waals surface area (Å²) in [4.78, 5) is 28.5. The summed E-state index contributed by atoms with van der Waals surface area (Å²) in [6.45, 7) is 2.22. The molecule has 1 aliphatic rings. The summed E-state index contributed by atoms with van der Waals surface area (Å²) >= 11 is 0. The Morgan fingerprint density at radius 2 is 1.97 bits per heavy atom. The fraction of sp³-hybridized carbons (Fsp3) is 0.154. The van der Waals surface area contributed by atoms with Gasteiger partial charge in [0.2, 0.25) is 5.91 Å². The summed E-state index contributed by atoms with van der Waals surface area (Å²) in [5.41, 5.74) is 5.31. The maximum Gasteiger partial charge on any atom is 0.226 e. The fourth-order valence-corrected chi connectivity index (χ4v) is 4.61. The Labute approximate surface area is 205 Å². The number of aryl methyl sites for hydroxylation is 1. The lowest BCUT2D eigenvalue weighted by Gasteiger charge is -2.24. The lowest BCUT2D eigenvalue weighted by atomic mass is 9.86. The molecule has 4 heterocycles. The van der Waals surface area contributed by atoms with Crippen molar-refractivity contribution in [1.82, 2.24) is 29.7 Å². The van der Waals surface area contributed by atoms with Crippen LogP contribution in [0, 0.1) is 18.3 Å². The van der Waals surface area contributed by atoms with E-state index in [2.05, 4.69) is 31.3 Å². The molecule has 3 aromatic heterocycles. The third-order valence-corrected chi connectivity index (χ3v) is 6.32. The van der Waals surface area contributed by atoms with Gasteiger partial charge in [-0.15, -0.1) is 0 Å². The first kappa shape index (κ1) is 21.5. The van der Waals surface area contributed by atoms with Gasteiger partial charge < -0.3 is 15.0 Å². The summed E-state index contributed by atoms with van der Waals surface area (Å²) in [5, 5.41) is 17.0. The number of hydrogen-bond donors (Lipinski definition) is 2. The van der Waals surface area contributed by atoms with Gasteiger partial charge >= 0.3 is 0 Å². The van der Waals surface area contributed by atoms with E-state index < -0.39 is 0 Å². The monoisotopic (exact) mass is 476 g/mol. The molecule has 6 rings (SSSR count). The molecule has 1 aliphatic heterocycles. The quantitative estimate of drug-likeness (QED) is 0.394. The minimum absolute atomic E-state index is 0.100. The molecular weight excluding hydrogens is 456 g/mol. The molecule has 0 bridgehead atoms. The van der Waals surface area contributed by atoms with Crippen LogP contribution in [-0.2, 0) is 11.4 Å². The van der Waals surface area contributed by atoms with E-state index in [0.717, 1.165) is 22.4 Å². The average Bonchev–Trinajstić information content (AvgIpc) is 3.52. The minimum atomic E-state index is -0.171. The van der Waals surface area contributed by atoms with E-state index in [1.54, 1.807) is 17.1 Å². The van der Waals surface area contributed by atoms with Gasteiger partial charge in [0, 0.05) is 23.5 Å². The van der Waals surface area contributed by atoms with Crippen molar-refractivity contribution in [2.75, 3.05) is 5.32 Å². The Bertz CT molecular complexity index is 1650. The Morgan fingerprint density at radius 3 is 2.81 bits per heavy atom. The van der Waals surface area contributed by atoms with Crippen molar-refractivity contribution in [2.24, 2.45) is 0 Å². The van der Waals surface area contributed by atoms with E-state index in [1.165, 1.54) is 6.33 Å². The van der Waals surface area contributed by atoms with Crippen molar-refractivity contribution in [2.45, 2.75) is 25.9 Å². The number of benzene rings is 2. The SMILES string of the molecule is Cc1nn(-c2ncnc3nc[nH]c23)c2c1[C@H](c1ccc(OCc3ccccc3C#N)cc1)CC(=O)N2. The highest BCUT2D eigenvalue weighted by atomic mass is 16.5. The number of rotatable bonds is 5. The maximum absolute atomic E-state index is 12.7. The second-order valence-corrected chi connectivity index (χ2v) is 8.49. The molecule has 0 saturated heterocycles. The first-order valence-electron chi connectivity index (χ1n) is 11.4. The predicted molar refractivity (Wildman–Crippen MR) is 131 cm³/mol. The molecule has 176 valence electrons. The van der Waals surface area contributed by atoms with E-state index >= 15 is 0 Å². The molecule has 0 aliphatic carbocycles. The lowest BCUT2D eigenvalue weighted by Crippen LogP contribution is -2.25. The van der Waals surface area contributed by atoms with Gasteiger partial charge in [0.05, 0.1) is 23.7 Å². The number of anilines is 1. The predicted octanol–water partition coefficient (Wildman–Crippen LogP) is 3.77. The van der Waals surface area contributed by atoms with Crippen LogP contribution in [0.1, 0.15) is 40.3 Å². The number of ether oxygens (including phenoxy) is 1. The van der Waals surface area contributed by atoms with E-state index in [-0.39, 0.29) is 11.8 Å². The Kier molecular flexibility index (Phi) is 5.15. The van der Waals surface area contributed by atoms with Gasteiger partial charge in [-0.3, -0.25) is 4.79 Å². The number of nitrogens with one attached hydrogen (secondary N) is 2. The normalized spacial score (nSPS) is 14.8. The second kappa shape index (κ2) is 8.63. The number of imidazole rings is 1. The van der Waals surface area contributed by atoms with Crippen LogP contribution in [0.2, 0.25) is 0 Å². The van der Waals surface area contributed by atoms with Crippen molar-refractivity contribution >= 4 is 22.9 Å². The van der Waals surface area contributed by atoms with Crippen LogP contribution in [0.25, 0.3) is 17.0 Å². The summed E-state index contributed by atoms with van der Waals surface area (Å²) in [6, 6.07) is 17.3. The zero-order valence-corrected chi connectivity index (χ0v) is 19.3. The highest BCUT2D eigenvalue weighted by Gasteiger charge is 2.33. The fourth-order valence-electron chi connectivity index (χ4n) is 4.61. The molecule has 0 radical (unpaired) electrons. The molecular formula is C26H20N8O2. The van der Waals surface area contributed by atoms with Crippen molar-refractivity contribution in [3.05, 3.63) is 89.1 Å². The molecule has 2 aromatic carbocycles. The summed E-state index contributed by atoms with van der Waals surface area (Å²) < 4.78 is 7.56. The highest BCUT2D eigenvalue weighted by Crippen LogP contribution is 2.40. The van der Waals surface area contributed by atoms with Crippen LogP contribution in [0.15, 0.2) is 61.2 Å². The van der Waals surface area contributed by atoms with Crippen LogP contribution in [0.4, 0.5) is 5.82 Å². The van der Waals surface area contributed by atoms with Gasteiger partial charge in [-0.2, -0.15) is 15.0 Å². The van der Waals surface area contributed by atoms with Gasteiger partial charge in [-0.25, -0.2) is 15.0 Å². The number of carbonyl (C=O) groups is 1. The number of aromatic nitrogens is 6. The van der Waals surface area contributed by atoms with Crippen molar-refractivity contribution in [3.8, 4) is 17.6 Å². The van der Waals surface area contributed by atoms with Gasteiger partial charge in [0.25, 0.3) is 0 Å². The van der Waals surface area contributed by atoms with Gasteiger partial charge in [-0.1, -0.05) is 30.3 Å². The van der Waals surface area contributed by atoms with Gasteiger partial charge in [0.15, 0.2) is 11.5 Å². The van der Waals surface area contributed by atoms with Gasteiger partial charge in [0.1, 0.15) is 30.0 Å². The van der Waals surface area contributed by atoms with Crippen molar-refractivity contribution in [3.63, 3.8) is 0 Å². The van der Waals surface area contributed by atoms with Gasteiger partial charge in [-0.05, 0) is 30.7 Å². The topological polar surface area (TPSA) is 134 Å². The second-order valence-electron chi connectivity index (χ2n) is 8.49. The molecule has 0 saturated carbocycles. The van der Waals surface area contributed by atoms with E-state index in [4.69, 9.17) is 9.84 Å². The first-order chi connectivity index (χ1) is 17.6. The van der Waals surface area contributed by atoms with Crippen LogP contribution in [0.3, 0.4) is 0 Å². The summed E-state index contributed by atoms with van der Waals surface area (Å²) in [5.74, 6) is 1.52. The smallest absolute Gasteiger partial charge is 0.226 e. The number of amides is 1. The molecule has 0 fully saturated rings. The number of carbonyl (C=O) groups excluding carboxylic acids is 1. The highest BCUT2D eigenvalue weighted by molar-refractivity contribution is 5.95. The molecule has 10 heteroatoms. The molecule has 1 atom stereocenters. The van der Waals surface area contributed by atoms with Crippen molar-refractivity contribution < 1.29 is 9.53 Å². The third kappa shape index (κ3) is 3.63. The number of nitriles is 1. The van der Waals surface area contributed by atoms with E-state index in [1.807, 2.05) is 49.4 Å². The standard InChI is InChI=1S/C26H20N8O2/c1-15-22-20(16-6-8-19(9-7-16)36-12-18-5-3-2-4-17(18)11-27)10-21(35)32-25(22)34(33-15)26-23-24(29-13-28-23)30-14-31-26/h2-9,13-14,20H,10,12H2,1H3,(H,32,35)(H,28,29,30,31)/t20-/m0/s1.